The molecule has 2 nitrogen and oxygen atoms in total. The average molecular weight is 807 g/mol. The fraction of sp³-hybridized carbons (Fsp3) is 0.273. The van der Waals surface area contributed by atoms with Crippen molar-refractivity contribution in [2.75, 3.05) is 9.80 Å². The minimum absolute atomic E-state index is 0.182. The van der Waals surface area contributed by atoms with Gasteiger partial charge in [0.1, 0.15) is 0 Å². The van der Waals surface area contributed by atoms with Crippen LogP contribution in [0.1, 0.15) is 75.6 Å². The Bertz CT molecular complexity index is 2620. The highest BCUT2D eigenvalue weighted by Gasteiger charge is 2.36. The lowest BCUT2D eigenvalue weighted by Crippen LogP contribution is -2.37. The molecule has 0 bridgehead atoms. The largest absolute Gasteiger partial charge is 0.310 e. The van der Waals surface area contributed by atoms with Gasteiger partial charge in [-0.25, -0.2) is 0 Å². The first kappa shape index (κ1) is 40.6. The zero-order chi connectivity index (χ0) is 42.0. The predicted octanol–water partition coefficient (Wildman–Crippen LogP) is 15.4. The molecule has 0 fully saturated rings. The van der Waals surface area contributed by atoms with Crippen LogP contribution < -0.4 is 20.2 Å². The van der Waals surface area contributed by atoms with Crippen molar-refractivity contribution in [2.45, 2.75) is 98.1 Å². The number of hydrogen-bond acceptors (Lipinski definition) is 2. The van der Waals surface area contributed by atoms with Crippen molar-refractivity contribution in [1.82, 2.24) is 0 Å². The second-order valence-corrected chi connectivity index (χ2v) is 30.2. The van der Waals surface area contributed by atoms with Crippen molar-refractivity contribution >= 4 is 71.4 Å². The second-order valence-electron chi connectivity index (χ2n) is 20.0. The Labute approximate surface area is 356 Å². The average Bonchev–Trinajstić information content (AvgIpc) is 3.41. The first-order valence-corrected chi connectivity index (χ1v) is 28.6. The standard InChI is InChI=1S/C55H62N2Si2/c1-37(2)39-13-18-43(19-14-39)56(45-23-28-49(29-24-45)58(7,8)9)47-22-17-41-34-52-51-32-27-48(36-54(51)55(5,6)53(52)35-42(41)33-47)57(44-20-15-40(16-21-44)38(3)4)46-25-30-50(31-26-46)59(10,11)12/h13-38H,1-12H3. The minimum atomic E-state index is -1.44. The number of anilines is 6. The molecule has 8 rings (SSSR count). The summed E-state index contributed by atoms with van der Waals surface area (Å²) < 4.78 is 0. The maximum Gasteiger partial charge on any atom is 0.0775 e. The van der Waals surface area contributed by atoms with E-state index in [-0.39, 0.29) is 5.41 Å². The molecule has 0 unspecified atom stereocenters. The van der Waals surface area contributed by atoms with E-state index in [1.807, 2.05) is 0 Å². The third kappa shape index (κ3) is 7.74. The van der Waals surface area contributed by atoms with Crippen molar-refractivity contribution in [3.63, 3.8) is 0 Å². The maximum atomic E-state index is 2.47. The Balaban J connectivity index is 1.21. The van der Waals surface area contributed by atoms with E-state index in [0.29, 0.717) is 11.8 Å². The fourth-order valence-corrected chi connectivity index (χ4v) is 11.2. The smallest absolute Gasteiger partial charge is 0.0775 e. The minimum Gasteiger partial charge on any atom is -0.310 e. The summed E-state index contributed by atoms with van der Waals surface area (Å²) in [5.74, 6) is 0.973. The van der Waals surface area contributed by atoms with E-state index in [0.717, 1.165) is 0 Å². The van der Waals surface area contributed by atoms with Gasteiger partial charge in [-0.15, -0.1) is 0 Å². The number of nitrogens with zero attached hydrogens (tertiary/aromatic N) is 2. The van der Waals surface area contributed by atoms with Gasteiger partial charge in [-0.05, 0) is 141 Å². The van der Waals surface area contributed by atoms with E-state index in [1.54, 1.807) is 0 Å². The van der Waals surface area contributed by atoms with Crippen molar-refractivity contribution in [3.8, 4) is 11.1 Å². The molecule has 300 valence electrons. The van der Waals surface area contributed by atoms with E-state index in [2.05, 4.69) is 236 Å². The summed E-state index contributed by atoms with van der Waals surface area (Å²) in [5.41, 5.74) is 15.0. The van der Waals surface area contributed by atoms with E-state index in [9.17, 15) is 0 Å². The van der Waals surface area contributed by atoms with Gasteiger partial charge in [0.05, 0.1) is 16.1 Å². The number of hydrogen-bond donors (Lipinski definition) is 0. The van der Waals surface area contributed by atoms with Gasteiger partial charge in [-0.3, -0.25) is 0 Å². The van der Waals surface area contributed by atoms with Gasteiger partial charge in [0.15, 0.2) is 0 Å². The summed E-state index contributed by atoms with van der Waals surface area (Å²) in [4.78, 5) is 4.87. The summed E-state index contributed by atoms with van der Waals surface area (Å²) in [6.07, 6.45) is 0. The van der Waals surface area contributed by atoms with Gasteiger partial charge in [-0.2, -0.15) is 0 Å². The summed E-state index contributed by atoms with van der Waals surface area (Å²) in [5, 5.41) is 5.48. The lowest BCUT2D eigenvalue weighted by Gasteiger charge is -2.29. The Morgan fingerprint density at radius 1 is 0.373 bits per heavy atom. The molecule has 59 heavy (non-hydrogen) atoms. The molecule has 0 aliphatic heterocycles. The van der Waals surface area contributed by atoms with Gasteiger partial charge in [0.25, 0.3) is 0 Å². The van der Waals surface area contributed by atoms with Crippen LogP contribution in [0.25, 0.3) is 21.9 Å². The van der Waals surface area contributed by atoms with Crippen molar-refractivity contribution < 1.29 is 0 Å². The van der Waals surface area contributed by atoms with Gasteiger partial charge in [0.2, 0.25) is 0 Å². The molecule has 1 aliphatic carbocycles. The van der Waals surface area contributed by atoms with Crippen LogP contribution >= 0.6 is 0 Å². The molecule has 0 heterocycles. The molecule has 0 amide bonds. The first-order valence-electron chi connectivity index (χ1n) is 21.6. The number of fused-ring (bicyclic) bond motifs is 4. The quantitative estimate of drug-likeness (QED) is 0.127. The first-order chi connectivity index (χ1) is 27.9. The summed E-state index contributed by atoms with van der Waals surface area (Å²) in [7, 11) is -2.88. The maximum absolute atomic E-state index is 2.47. The fourth-order valence-electron chi connectivity index (χ4n) is 8.86. The molecule has 7 aromatic rings. The molecule has 0 saturated carbocycles. The molecular weight excluding hydrogens is 745 g/mol. The predicted molar refractivity (Wildman–Crippen MR) is 265 cm³/mol. The zero-order valence-corrected chi connectivity index (χ0v) is 39.4. The third-order valence-corrected chi connectivity index (χ3v) is 16.9. The molecule has 0 aromatic heterocycles. The summed E-state index contributed by atoms with van der Waals surface area (Å²) >= 11 is 0. The van der Waals surface area contributed by atoms with Crippen LogP contribution in [0.2, 0.25) is 39.3 Å². The molecule has 1 aliphatic rings. The molecule has 0 atom stereocenters. The van der Waals surface area contributed by atoms with E-state index in [1.165, 1.54) is 88.7 Å². The van der Waals surface area contributed by atoms with Crippen LogP contribution in [0.3, 0.4) is 0 Å². The van der Waals surface area contributed by atoms with E-state index < -0.39 is 16.1 Å². The lowest BCUT2D eigenvalue weighted by molar-refractivity contribution is 0.661. The lowest BCUT2D eigenvalue weighted by atomic mass is 9.81. The van der Waals surface area contributed by atoms with Gasteiger partial charge < -0.3 is 9.80 Å². The van der Waals surface area contributed by atoms with E-state index in [4.69, 9.17) is 0 Å². The molecule has 7 aromatic carbocycles. The highest BCUT2D eigenvalue weighted by Crippen LogP contribution is 2.52. The van der Waals surface area contributed by atoms with Gasteiger partial charge in [0, 0.05) is 39.5 Å². The highest BCUT2D eigenvalue weighted by molar-refractivity contribution is 6.89. The van der Waals surface area contributed by atoms with Crippen LogP contribution in [-0.4, -0.2) is 16.1 Å². The molecule has 0 spiro atoms. The van der Waals surface area contributed by atoms with Gasteiger partial charge >= 0.3 is 0 Å². The highest BCUT2D eigenvalue weighted by atomic mass is 28.3. The zero-order valence-electron chi connectivity index (χ0n) is 37.4. The van der Waals surface area contributed by atoms with Crippen LogP contribution in [0.5, 0.6) is 0 Å². The second kappa shape index (κ2) is 15.1. The summed E-state index contributed by atoms with van der Waals surface area (Å²) in [6.45, 7) is 28.4. The topological polar surface area (TPSA) is 6.48 Å². The van der Waals surface area contributed by atoms with Crippen LogP contribution in [0.15, 0.2) is 146 Å². The SMILES string of the molecule is CC(C)c1ccc(N(c2ccc([Si](C)(C)C)cc2)c2ccc3c(c2)C(C)(C)c2cc4cc(N(c5ccc(C(C)C)cc5)c5ccc([Si](C)(C)C)cc5)ccc4cc2-3)cc1. The molecular formula is C55H62N2Si2. The van der Waals surface area contributed by atoms with Crippen molar-refractivity contribution in [1.29, 1.82) is 0 Å². The van der Waals surface area contributed by atoms with Crippen LogP contribution in [0.4, 0.5) is 34.1 Å². The number of benzene rings is 7. The Hall–Kier alpha value is -5.17. The van der Waals surface area contributed by atoms with Crippen molar-refractivity contribution in [3.05, 3.63) is 168 Å². The van der Waals surface area contributed by atoms with Crippen LogP contribution in [0, 0.1) is 0 Å². The Kier molecular flexibility index (Phi) is 10.4. The monoisotopic (exact) mass is 806 g/mol. The van der Waals surface area contributed by atoms with Crippen LogP contribution in [-0.2, 0) is 5.41 Å². The molecule has 4 heteroatoms. The Morgan fingerprint density at radius 2 is 0.746 bits per heavy atom. The van der Waals surface area contributed by atoms with E-state index >= 15 is 0 Å². The normalized spacial score (nSPS) is 13.5. The van der Waals surface area contributed by atoms with Gasteiger partial charge in [-0.1, -0.05) is 152 Å². The third-order valence-electron chi connectivity index (χ3n) is 12.7. The Morgan fingerprint density at radius 3 is 1.17 bits per heavy atom. The number of rotatable bonds is 10. The molecule has 0 N–H and O–H groups in total. The summed E-state index contributed by atoms with van der Waals surface area (Å²) in [6, 6.07) is 56.1. The van der Waals surface area contributed by atoms with Crippen molar-refractivity contribution in [2.24, 2.45) is 0 Å². The molecule has 0 radical (unpaired) electrons. The molecule has 0 saturated heterocycles.